The average molecular weight is 692 g/mol. The lowest BCUT2D eigenvalue weighted by Crippen LogP contribution is -2.00. The molecule has 11 aromatic rings. The van der Waals surface area contributed by atoms with Crippen LogP contribution >= 0.6 is 11.3 Å². The molecular weight excluding hydrogens is 663 g/mol. The number of fused-ring (bicyclic) bond motifs is 10. The highest BCUT2D eigenvalue weighted by Gasteiger charge is 2.17. The zero-order valence-corrected chi connectivity index (χ0v) is 29.3. The Bertz CT molecular complexity index is 3240. The van der Waals surface area contributed by atoms with Crippen molar-refractivity contribution >= 4 is 74.6 Å². The summed E-state index contributed by atoms with van der Waals surface area (Å²) >= 11 is 1.79. The molecule has 0 fully saturated rings. The minimum atomic E-state index is 0.653. The molecule has 4 heteroatoms. The number of nitrogens with zero attached hydrogens (tertiary/aromatic N) is 3. The Balaban J connectivity index is 1.05. The molecule has 0 aliphatic heterocycles. The van der Waals surface area contributed by atoms with E-state index in [4.69, 9.17) is 15.0 Å². The Hall–Kier alpha value is -6.75. The standard InChI is InChI=1S/C49H29N3S/c1-2-11-32(12-3-1)47-50-48(52-49(51-47)43-18-9-17-42-40-16-6-7-19-44(40)53-46(42)43)36-14-8-13-33(29-36)34-23-25-37-35(28-34)24-27-41-39(37)26-22-31-21-20-30-10-4-5-15-38(30)45(31)41/h1-29H. The SMILES string of the molecule is c1ccc(-c2nc(-c3cccc(-c4ccc5c(ccc6c5ccc5ccc7ccccc7c56)c4)c3)nc(-c3cccc4c3sc3ccccc34)n2)cc1. The zero-order chi connectivity index (χ0) is 34.9. The Kier molecular flexibility index (Phi) is 6.73. The third-order valence-electron chi connectivity index (χ3n) is 10.5. The molecule has 3 nitrogen and oxygen atoms in total. The van der Waals surface area contributed by atoms with Crippen LogP contribution in [0.5, 0.6) is 0 Å². The number of aromatic nitrogens is 3. The first-order valence-corrected chi connectivity index (χ1v) is 18.7. The zero-order valence-electron chi connectivity index (χ0n) is 28.5. The van der Waals surface area contributed by atoms with E-state index in [9.17, 15) is 0 Å². The number of benzene rings is 9. The fourth-order valence-corrected chi connectivity index (χ4v) is 9.15. The van der Waals surface area contributed by atoms with Gasteiger partial charge in [-0.05, 0) is 78.5 Å². The minimum Gasteiger partial charge on any atom is -0.208 e. The van der Waals surface area contributed by atoms with Gasteiger partial charge in [0.25, 0.3) is 0 Å². The first-order chi connectivity index (χ1) is 26.2. The Morgan fingerprint density at radius 3 is 1.87 bits per heavy atom. The molecule has 0 aliphatic carbocycles. The van der Waals surface area contributed by atoms with Crippen LogP contribution in [0.2, 0.25) is 0 Å². The predicted octanol–water partition coefficient (Wildman–Crippen LogP) is 13.5. The van der Waals surface area contributed by atoms with Gasteiger partial charge in [-0.3, -0.25) is 0 Å². The molecule has 0 unspecified atom stereocenters. The Morgan fingerprint density at radius 2 is 0.943 bits per heavy atom. The summed E-state index contributed by atoms with van der Waals surface area (Å²) in [5.74, 6) is 1.99. The van der Waals surface area contributed by atoms with Crippen molar-refractivity contribution < 1.29 is 0 Å². The highest BCUT2D eigenvalue weighted by Crippen LogP contribution is 2.40. The van der Waals surface area contributed by atoms with Gasteiger partial charge in [0.1, 0.15) is 0 Å². The molecule has 0 saturated heterocycles. The lowest BCUT2D eigenvalue weighted by atomic mass is 9.92. The molecular formula is C49H29N3S. The molecule has 0 amide bonds. The largest absolute Gasteiger partial charge is 0.208 e. The monoisotopic (exact) mass is 691 g/mol. The molecule has 0 N–H and O–H groups in total. The van der Waals surface area contributed by atoms with Crippen molar-refractivity contribution in [2.24, 2.45) is 0 Å². The van der Waals surface area contributed by atoms with E-state index in [1.807, 2.05) is 18.2 Å². The molecule has 2 aromatic heterocycles. The van der Waals surface area contributed by atoms with Crippen molar-refractivity contribution in [2.45, 2.75) is 0 Å². The van der Waals surface area contributed by atoms with Gasteiger partial charge in [-0.25, -0.2) is 15.0 Å². The Labute approximate surface area is 309 Å². The van der Waals surface area contributed by atoms with Gasteiger partial charge in [0.05, 0.1) is 0 Å². The van der Waals surface area contributed by atoms with Crippen molar-refractivity contribution in [2.75, 3.05) is 0 Å². The van der Waals surface area contributed by atoms with Crippen LogP contribution in [0, 0.1) is 0 Å². The quantitative estimate of drug-likeness (QED) is 0.172. The van der Waals surface area contributed by atoms with Crippen LogP contribution in [-0.4, -0.2) is 15.0 Å². The second-order valence-electron chi connectivity index (χ2n) is 13.6. The summed E-state index contributed by atoms with van der Waals surface area (Å²) in [4.78, 5) is 15.3. The van der Waals surface area contributed by atoms with Crippen molar-refractivity contribution in [3.05, 3.63) is 176 Å². The minimum absolute atomic E-state index is 0.653. The molecule has 9 aromatic carbocycles. The highest BCUT2D eigenvalue weighted by atomic mass is 32.1. The molecule has 0 spiro atoms. The fraction of sp³-hybridized carbons (Fsp3) is 0. The summed E-state index contributed by atoms with van der Waals surface area (Å²) in [6, 6.07) is 62.8. The van der Waals surface area contributed by atoms with E-state index in [2.05, 4.69) is 158 Å². The molecule has 2 heterocycles. The van der Waals surface area contributed by atoms with Gasteiger partial charge >= 0.3 is 0 Å². The summed E-state index contributed by atoms with van der Waals surface area (Å²) in [6.07, 6.45) is 0. The maximum Gasteiger partial charge on any atom is 0.165 e. The Morgan fingerprint density at radius 1 is 0.321 bits per heavy atom. The second kappa shape index (κ2) is 11.9. The van der Waals surface area contributed by atoms with Gasteiger partial charge in [-0.2, -0.15) is 0 Å². The maximum atomic E-state index is 5.17. The topological polar surface area (TPSA) is 38.7 Å². The summed E-state index contributed by atoms with van der Waals surface area (Å²) in [7, 11) is 0. The van der Waals surface area contributed by atoms with E-state index in [1.165, 1.54) is 63.3 Å². The summed E-state index contributed by atoms with van der Waals surface area (Å²) < 4.78 is 2.44. The summed E-state index contributed by atoms with van der Waals surface area (Å²) in [5.41, 5.74) is 5.19. The van der Waals surface area contributed by atoms with Gasteiger partial charge in [-0.1, -0.05) is 152 Å². The first kappa shape index (κ1) is 29.9. The van der Waals surface area contributed by atoms with Crippen LogP contribution < -0.4 is 0 Å². The molecule has 0 aliphatic rings. The van der Waals surface area contributed by atoms with E-state index in [0.717, 1.165) is 27.8 Å². The van der Waals surface area contributed by atoms with Crippen LogP contribution in [0.1, 0.15) is 0 Å². The number of hydrogen-bond acceptors (Lipinski definition) is 4. The first-order valence-electron chi connectivity index (χ1n) is 17.9. The molecule has 0 radical (unpaired) electrons. The van der Waals surface area contributed by atoms with E-state index in [1.54, 1.807) is 11.3 Å². The van der Waals surface area contributed by atoms with Crippen molar-refractivity contribution in [3.8, 4) is 45.3 Å². The van der Waals surface area contributed by atoms with Crippen LogP contribution in [0.25, 0.3) is 109 Å². The molecule has 0 atom stereocenters. The molecule has 0 saturated carbocycles. The number of thiophene rings is 1. The lowest BCUT2D eigenvalue weighted by molar-refractivity contribution is 1.08. The number of hydrogen-bond donors (Lipinski definition) is 0. The van der Waals surface area contributed by atoms with E-state index in [-0.39, 0.29) is 0 Å². The smallest absolute Gasteiger partial charge is 0.165 e. The molecule has 11 rings (SSSR count). The van der Waals surface area contributed by atoms with Crippen molar-refractivity contribution in [1.29, 1.82) is 0 Å². The highest BCUT2D eigenvalue weighted by molar-refractivity contribution is 7.26. The third kappa shape index (κ3) is 4.91. The summed E-state index contributed by atoms with van der Waals surface area (Å²) in [6.45, 7) is 0. The lowest BCUT2D eigenvalue weighted by Gasteiger charge is -2.12. The predicted molar refractivity (Wildman–Crippen MR) is 224 cm³/mol. The van der Waals surface area contributed by atoms with Crippen molar-refractivity contribution in [1.82, 2.24) is 15.0 Å². The van der Waals surface area contributed by atoms with Crippen LogP contribution in [0.4, 0.5) is 0 Å². The normalized spacial score (nSPS) is 11.8. The van der Waals surface area contributed by atoms with Crippen LogP contribution in [0.15, 0.2) is 176 Å². The second-order valence-corrected chi connectivity index (χ2v) is 14.6. The van der Waals surface area contributed by atoms with Gasteiger partial charge in [0.15, 0.2) is 17.5 Å². The average Bonchev–Trinajstić information content (AvgIpc) is 3.62. The van der Waals surface area contributed by atoms with Crippen LogP contribution in [-0.2, 0) is 0 Å². The van der Waals surface area contributed by atoms with Gasteiger partial charge in [0, 0.05) is 36.9 Å². The van der Waals surface area contributed by atoms with Crippen LogP contribution in [0.3, 0.4) is 0 Å². The van der Waals surface area contributed by atoms with Crippen molar-refractivity contribution in [3.63, 3.8) is 0 Å². The molecule has 246 valence electrons. The van der Waals surface area contributed by atoms with Gasteiger partial charge in [0.2, 0.25) is 0 Å². The third-order valence-corrected chi connectivity index (χ3v) is 11.7. The van der Waals surface area contributed by atoms with Gasteiger partial charge < -0.3 is 0 Å². The van der Waals surface area contributed by atoms with E-state index in [0.29, 0.717) is 17.5 Å². The fourth-order valence-electron chi connectivity index (χ4n) is 7.93. The van der Waals surface area contributed by atoms with E-state index < -0.39 is 0 Å². The molecule has 53 heavy (non-hydrogen) atoms. The van der Waals surface area contributed by atoms with Gasteiger partial charge in [-0.15, -0.1) is 11.3 Å². The number of rotatable bonds is 4. The summed E-state index contributed by atoms with van der Waals surface area (Å²) in [5, 5.41) is 12.6. The maximum absolute atomic E-state index is 5.17. The van der Waals surface area contributed by atoms with E-state index >= 15 is 0 Å². The molecule has 0 bridgehead atoms.